The Hall–Kier alpha value is -4.37. The third kappa shape index (κ3) is 5.51. The summed E-state index contributed by atoms with van der Waals surface area (Å²) in [5.74, 6) is 0.609. The topological polar surface area (TPSA) is 188 Å². The maximum absolute atomic E-state index is 11.8. The highest BCUT2D eigenvalue weighted by atomic mass is 35.5. The minimum absolute atomic E-state index is 0.105. The number of hydrogen-bond donors (Lipinski definition) is 4. The third-order valence-electron chi connectivity index (χ3n) is 6.89. The van der Waals surface area contributed by atoms with Crippen LogP contribution in [0.3, 0.4) is 0 Å². The number of benzene rings is 1. The molecule has 14 nitrogen and oxygen atoms in total. The van der Waals surface area contributed by atoms with Crippen molar-refractivity contribution < 1.29 is 19.7 Å². The van der Waals surface area contributed by atoms with E-state index in [0.29, 0.717) is 41.4 Å². The molecule has 0 spiro atoms. The normalized spacial score (nSPS) is 18.7. The Bertz CT molecular complexity index is 1510. The third-order valence-corrected chi connectivity index (χ3v) is 7.29. The Labute approximate surface area is 234 Å². The summed E-state index contributed by atoms with van der Waals surface area (Å²) in [6, 6.07) is 7.03. The SMILES string of the molecule is COCCN(C(=O)O)[C@@H]1CCN(c2cc(C#N)cc(Nc3nc(NC4CC4)c4ncc(C#N)n4n3)c2Cl)C[C@@H]1O. The molecule has 3 aromatic rings. The number of aliphatic hydroxyl groups excluding tert-OH is 1. The molecule has 1 saturated heterocycles. The number of nitrogens with one attached hydrogen (secondary N) is 2. The van der Waals surface area contributed by atoms with Gasteiger partial charge >= 0.3 is 6.09 Å². The van der Waals surface area contributed by atoms with E-state index in [4.69, 9.17) is 16.3 Å². The molecule has 2 aromatic heterocycles. The van der Waals surface area contributed by atoms with E-state index in [-0.39, 0.29) is 42.4 Å². The summed E-state index contributed by atoms with van der Waals surface area (Å²) in [4.78, 5) is 23.6. The summed E-state index contributed by atoms with van der Waals surface area (Å²) in [5, 5.41) is 50.8. The van der Waals surface area contributed by atoms with Crippen molar-refractivity contribution in [3.8, 4) is 12.1 Å². The second-order valence-electron chi connectivity index (χ2n) is 9.63. The Morgan fingerprint density at radius 1 is 1.30 bits per heavy atom. The average molecular weight is 567 g/mol. The van der Waals surface area contributed by atoms with Crippen molar-refractivity contribution in [2.75, 3.05) is 48.9 Å². The summed E-state index contributed by atoms with van der Waals surface area (Å²) in [5.41, 5.74) is 1.81. The van der Waals surface area contributed by atoms with Gasteiger partial charge in [0.1, 0.15) is 6.07 Å². The smallest absolute Gasteiger partial charge is 0.407 e. The molecule has 40 heavy (non-hydrogen) atoms. The van der Waals surface area contributed by atoms with Gasteiger partial charge in [-0.1, -0.05) is 11.6 Å². The summed E-state index contributed by atoms with van der Waals surface area (Å²) in [6.07, 6.45) is 1.65. The molecule has 2 atom stereocenters. The Morgan fingerprint density at radius 3 is 2.75 bits per heavy atom. The van der Waals surface area contributed by atoms with Crippen LogP contribution in [0.2, 0.25) is 5.02 Å². The quantitative estimate of drug-likeness (QED) is 0.296. The van der Waals surface area contributed by atoms with Crippen LogP contribution in [0.25, 0.3) is 5.65 Å². The zero-order chi connectivity index (χ0) is 28.4. The maximum Gasteiger partial charge on any atom is 0.407 e. The lowest BCUT2D eigenvalue weighted by molar-refractivity contribution is 0.0270. The van der Waals surface area contributed by atoms with E-state index in [1.54, 1.807) is 12.1 Å². The van der Waals surface area contributed by atoms with Crippen LogP contribution in [0, 0.1) is 22.7 Å². The van der Waals surface area contributed by atoms with E-state index in [0.717, 1.165) is 12.8 Å². The number of piperidine rings is 1. The van der Waals surface area contributed by atoms with Crippen LogP contribution in [0.1, 0.15) is 30.5 Å². The first-order valence-electron chi connectivity index (χ1n) is 12.7. The fourth-order valence-electron chi connectivity index (χ4n) is 4.74. The molecule has 5 rings (SSSR count). The number of carbonyl (C=O) groups is 1. The number of carboxylic acid groups (broad SMARTS) is 1. The second kappa shape index (κ2) is 11.4. The van der Waals surface area contributed by atoms with E-state index in [9.17, 15) is 25.5 Å². The number of imidazole rings is 1. The summed E-state index contributed by atoms with van der Waals surface area (Å²) in [6.45, 7) is 0.850. The number of fused-ring (bicyclic) bond motifs is 1. The first-order valence-corrected chi connectivity index (χ1v) is 13.0. The summed E-state index contributed by atoms with van der Waals surface area (Å²) >= 11 is 6.82. The van der Waals surface area contributed by atoms with Crippen LogP contribution < -0.4 is 15.5 Å². The number of nitrogens with zero attached hydrogens (tertiary/aromatic N) is 8. The van der Waals surface area contributed by atoms with Gasteiger partial charge in [-0.05, 0) is 31.4 Å². The van der Waals surface area contributed by atoms with Crippen molar-refractivity contribution in [2.45, 2.75) is 37.5 Å². The molecule has 4 N–H and O–H groups in total. The number of ether oxygens (including phenoxy) is 1. The second-order valence-corrected chi connectivity index (χ2v) is 10.0. The largest absolute Gasteiger partial charge is 0.465 e. The molecule has 0 bridgehead atoms. The molecule has 1 aliphatic carbocycles. The molecule has 0 radical (unpaired) electrons. The van der Waals surface area contributed by atoms with Crippen LogP contribution in [-0.4, -0.2) is 92.3 Å². The van der Waals surface area contributed by atoms with Crippen LogP contribution in [0.15, 0.2) is 18.3 Å². The molecule has 1 amide bonds. The lowest BCUT2D eigenvalue weighted by atomic mass is 9.99. The molecule has 208 valence electrons. The van der Waals surface area contributed by atoms with Gasteiger partial charge < -0.3 is 35.4 Å². The minimum Gasteiger partial charge on any atom is -0.465 e. The fraction of sp³-hybridized carbons (Fsp3) is 0.440. The van der Waals surface area contributed by atoms with Gasteiger partial charge in [0, 0.05) is 32.8 Å². The van der Waals surface area contributed by atoms with Crippen molar-refractivity contribution in [2.24, 2.45) is 0 Å². The highest BCUT2D eigenvalue weighted by Crippen LogP contribution is 2.38. The van der Waals surface area contributed by atoms with Crippen LogP contribution in [0.5, 0.6) is 0 Å². The van der Waals surface area contributed by atoms with Crippen molar-refractivity contribution in [1.29, 1.82) is 10.5 Å². The first kappa shape index (κ1) is 27.2. The molecule has 1 saturated carbocycles. The summed E-state index contributed by atoms with van der Waals surface area (Å²) in [7, 11) is 1.49. The number of β-amino-alcohol motifs (C(OH)–C–C–N with tert-alkyl or cyclic N) is 1. The number of amides is 1. The van der Waals surface area contributed by atoms with Gasteiger partial charge in [-0.25, -0.2) is 9.78 Å². The van der Waals surface area contributed by atoms with Gasteiger partial charge in [-0.15, -0.1) is 5.10 Å². The minimum atomic E-state index is -1.13. The Morgan fingerprint density at radius 2 is 2.10 bits per heavy atom. The van der Waals surface area contributed by atoms with Crippen LogP contribution >= 0.6 is 11.6 Å². The van der Waals surface area contributed by atoms with Crippen molar-refractivity contribution in [1.82, 2.24) is 24.5 Å². The Kier molecular flexibility index (Phi) is 7.75. The van der Waals surface area contributed by atoms with Crippen molar-refractivity contribution in [3.63, 3.8) is 0 Å². The molecule has 3 heterocycles. The molecule has 0 unspecified atom stereocenters. The number of aliphatic hydroxyl groups is 1. The van der Waals surface area contributed by atoms with Gasteiger partial charge in [0.25, 0.3) is 0 Å². The number of rotatable bonds is 9. The van der Waals surface area contributed by atoms with Gasteiger partial charge in [0.15, 0.2) is 17.2 Å². The summed E-state index contributed by atoms with van der Waals surface area (Å²) < 4.78 is 6.41. The molecule has 15 heteroatoms. The monoisotopic (exact) mass is 566 g/mol. The van der Waals surface area contributed by atoms with Crippen LogP contribution in [-0.2, 0) is 4.74 Å². The predicted octanol–water partition coefficient (Wildman–Crippen LogP) is 2.40. The van der Waals surface area contributed by atoms with E-state index < -0.39 is 18.2 Å². The number of nitriles is 2. The molecule has 1 aliphatic heterocycles. The highest BCUT2D eigenvalue weighted by Gasteiger charge is 2.35. The standard InChI is InChI=1S/C25H27ClN10O4/c1-40-7-6-35(25(38)39)18-4-5-34(13-20(18)37)19-9-14(10-27)8-17(21(19)26)31-24-32-22(30-15-2-3-15)23-29-12-16(11-28)36(23)33-24/h8-9,12,15,18,20,37H,2-7,13H2,1H3,(H,38,39)(H2,30,31,32,33)/t18-,20+/m1/s1. The molecule has 1 aromatic carbocycles. The van der Waals surface area contributed by atoms with E-state index in [2.05, 4.69) is 37.8 Å². The number of hydrogen-bond acceptors (Lipinski definition) is 11. The Balaban J connectivity index is 1.43. The molecule has 2 fully saturated rings. The zero-order valence-corrected chi connectivity index (χ0v) is 22.3. The lowest BCUT2D eigenvalue weighted by Gasteiger charge is -2.41. The average Bonchev–Trinajstić information content (AvgIpc) is 3.66. The van der Waals surface area contributed by atoms with Crippen LogP contribution in [0.4, 0.5) is 27.9 Å². The van der Waals surface area contributed by atoms with Gasteiger partial charge in [-0.2, -0.15) is 20.0 Å². The highest BCUT2D eigenvalue weighted by molar-refractivity contribution is 6.36. The number of methoxy groups -OCH3 is 1. The number of aromatic nitrogens is 4. The molecular weight excluding hydrogens is 540 g/mol. The van der Waals surface area contributed by atoms with E-state index >= 15 is 0 Å². The fourth-order valence-corrected chi connectivity index (χ4v) is 5.01. The van der Waals surface area contributed by atoms with E-state index in [1.807, 2.05) is 4.90 Å². The molecular formula is C25H27ClN10O4. The maximum atomic E-state index is 11.8. The zero-order valence-electron chi connectivity index (χ0n) is 21.6. The van der Waals surface area contributed by atoms with Gasteiger partial charge in [0.2, 0.25) is 5.95 Å². The first-order chi connectivity index (χ1) is 19.3. The van der Waals surface area contributed by atoms with E-state index in [1.165, 1.54) is 22.7 Å². The van der Waals surface area contributed by atoms with Gasteiger partial charge in [-0.3, -0.25) is 0 Å². The molecule has 2 aliphatic rings. The predicted molar refractivity (Wildman–Crippen MR) is 145 cm³/mol. The lowest BCUT2D eigenvalue weighted by Crippen LogP contribution is -2.56. The number of anilines is 4. The van der Waals surface area contributed by atoms with Crippen molar-refractivity contribution in [3.05, 3.63) is 34.6 Å². The number of halogens is 1. The van der Waals surface area contributed by atoms with Gasteiger partial charge in [0.05, 0.1) is 53.0 Å². The van der Waals surface area contributed by atoms with Crippen molar-refractivity contribution >= 4 is 46.5 Å².